The lowest BCUT2D eigenvalue weighted by atomic mass is 10.2. The molecule has 4 heteroatoms. The van der Waals surface area contributed by atoms with Crippen LogP contribution in [0.4, 0.5) is 0 Å². The van der Waals surface area contributed by atoms with Crippen LogP contribution in [0.3, 0.4) is 0 Å². The monoisotopic (exact) mass is 170 g/mol. The molecular formula is C7H8NO2S-. The number of aromatic nitrogens is 1. The Labute approximate surface area is 67.8 Å². The summed E-state index contributed by atoms with van der Waals surface area (Å²) in [4.78, 5) is 3.93. The topological polar surface area (TPSA) is 53.0 Å². The average molecular weight is 170 g/mol. The van der Waals surface area contributed by atoms with Crippen LogP contribution in [0.1, 0.15) is 11.3 Å². The maximum atomic E-state index is 10.3. The van der Waals surface area contributed by atoms with Crippen LogP contribution >= 0.6 is 0 Å². The first-order valence-electron chi connectivity index (χ1n) is 3.16. The molecule has 0 amide bonds. The van der Waals surface area contributed by atoms with Crippen LogP contribution in [-0.2, 0) is 16.8 Å². The zero-order valence-electron chi connectivity index (χ0n) is 6.11. The Morgan fingerprint density at radius 2 is 2.45 bits per heavy atom. The lowest BCUT2D eigenvalue weighted by molar-refractivity contribution is 0.535. The third-order valence-corrected chi connectivity index (χ3v) is 1.88. The minimum absolute atomic E-state index is 0.00662. The van der Waals surface area contributed by atoms with Crippen molar-refractivity contribution in [2.45, 2.75) is 12.7 Å². The molecule has 0 saturated heterocycles. The van der Waals surface area contributed by atoms with Crippen molar-refractivity contribution >= 4 is 11.1 Å². The van der Waals surface area contributed by atoms with Gasteiger partial charge in [-0.2, -0.15) is 0 Å². The summed E-state index contributed by atoms with van der Waals surface area (Å²) in [5.41, 5.74) is 1.54. The summed E-state index contributed by atoms with van der Waals surface area (Å²) in [7, 11) is 0. The molecule has 0 saturated carbocycles. The minimum Gasteiger partial charge on any atom is -0.772 e. The summed E-state index contributed by atoms with van der Waals surface area (Å²) in [5, 5.41) is 0. The second kappa shape index (κ2) is 3.59. The maximum absolute atomic E-state index is 10.3. The van der Waals surface area contributed by atoms with Crippen LogP contribution in [-0.4, -0.2) is 13.7 Å². The Balaban J connectivity index is 2.86. The summed E-state index contributed by atoms with van der Waals surface area (Å²) in [5.74, 6) is 0.00662. The van der Waals surface area contributed by atoms with Crippen LogP contribution in [0.15, 0.2) is 18.3 Å². The number of pyridine rings is 1. The van der Waals surface area contributed by atoms with Crippen molar-refractivity contribution in [1.29, 1.82) is 0 Å². The molecule has 3 nitrogen and oxygen atoms in total. The van der Waals surface area contributed by atoms with E-state index in [1.807, 2.05) is 13.0 Å². The van der Waals surface area contributed by atoms with Gasteiger partial charge in [0.05, 0.1) is 11.4 Å². The summed E-state index contributed by atoms with van der Waals surface area (Å²) in [6, 6.07) is 3.63. The Morgan fingerprint density at radius 1 is 1.73 bits per heavy atom. The first kappa shape index (κ1) is 8.36. The van der Waals surface area contributed by atoms with Crippen molar-refractivity contribution in [2.75, 3.05) is 0 Å². The van der Waals surface area contributed by atoms with E-state index in [2.05, 4.69) is 4.98 Å². The molecule has 0 fully saturated rings. The lowest BCUT2D eigenvalue weighted by Gasteiger charge is -2.05. The van der Waals surface area contributed by atoms with Crippen molar-refractivity contribution in [3.8, 4) is 0 Å². The van der Waals surface area contributed by atoms with Crippen LogP contribution in [0.5, 0.6) is 0 Å². The first-order valence-corrected chi connectivity index (χ1v) is 4.41. The fourth-order valence-corrected chi connectivity index (χ4v) is 1.31. The zero-order chi connectivity index (χ0) is 8.27. The molecule has 0 aromatic carbocycles. The van der Waals surface area contributed by atoms with Crippen LogP contribution < -0.4 is 0 Å². The quantitative estimate of drug-likeness (QED) is 0.616. The Morgan fingerprint density at radius 3 is 3.00 bits per heavy atom. The normalized spacial score (nSPS) is 12.9. The van der Waals surface area contributed by atoms with E-state index in [4.69, 9.17) is 0 Å². The van der Waals surface area contributed by atoms with Gasteiger partial charge < -0.3 is 4.55 Å². The van der Waals surface area contributed by atoms with Crippen molar-refractivity contribution in [1.82, 2.24) is 4.98 Å². The molecule has 1 aromatic rings. The van der Waals surface area contributed by atoms with E-state index in [0.717, 1.165) is 5.56 Å². The number of nitrogens with zero attached hydrogens (tertiary/aromatic N) is 1. The Hall–Kier alpha value is -0.740. The number of hydrogen-bond donors (Lipinski definition) is 0. The summed E-state index contributed by atoms with van der Waals surface area (Å²) < 4.78 is 20.6. The predicted octanol–water partition coefficient (Wildman–Crippen LogP) is 0.769. The second-order valence-electron chi connectivity index (χ2n) is 2.22. The number of rotatable bonds is 2. The molecular weight excluding hydrogens is 162 g/mol. The fourth-order valence-electron chi connectivity index (χ4n) is 0.781. The van der Waals surface area contributed by atoms with E-state index in [0.29, 0.717) is 5.69 Å². The van der Waals surface area contributed by atoms with Gasteiger partial charge in [0.25, 0.3) is 0 Å². The van der Waals surface area contributed by atoms with Gasteiger partial charge in [0.2, 0.25) is 0 Å². The Kier molecular flexibility index (Phi) is 2.73. The van der Waals surface area contributed by atoms with Gasteiger partial charge >= 0.3 is 0 Å². The molecule has 1 atom stereocenters. The van der Waals surface area contributed by atoms with Crippen molar-refractivity contribution in [3.05, 3.63) is 29.6 Å². The standard InChI is InChI=1S/C7H9NO2S/c1-6-3-2-4-8-7(6)5-11(9)10/h2-4H,5H2,1H3,(H,9,10)/p-1. The molecule has 0 N–H and O–H groups in total. The second-order valence-corrected chi connectivity index (χ2v) is 3.11. The van der Waals surface area contributed by atoms with Gasteiger partial charge in [0, 0.05) is 6.20 Å². The zero-order valence-corrected chi connectivity index (χ0v) is 6.93. The van der Waals surface area contributed by atoms with Crippen LogP contribution in [0.2, 0.25) is 0 Å². The highest BCUT2D eigenvalue weighted by Crippen LogP contribution is 2.04. The molecule has 0 aliphatic heterocycles. The summed E-state index contributed by atoms with van der Waals surface area (Å²) in [6.45, 7) is 1.84. The average Bonchev–Trinajstić information content (AvgIpc) is 1.93. The van der Waals surface area contributed by atoms with E-state index in [1.54, 1.807) is 12.3 Å². The van der Waals surface area contributed by atoms with Gasteiger partial charge in [-0.15, -0.1) is 0 Å². The van der Waals surface area contributed by atoms with Gasteiger partial charge in [-0.1, -0.05) is 6.07 Å². The first-order chi connectivity index (χ1) is 5.20. The highest BCUT2D eigenvalue weighted by molar-refractivity contribution is 7.78. The van der Waals surface area contributed by atoms with E-state index < -0.39 is 11.1 Å². The largest absolute Gasteiger partial charge is 0.772 e. The van der Waals surface area contributed by atoms with Crippen molar-refractivity contribution in [2.24, 2.45) is 0 Å². The van der Waals surface area contributed by atoms with E-state index in [-0.39, 0.29) is 5.75 Å². The molecule has 1 aromatic heterocycles. The predicted molar refractivity (Wildman–Crippen MR) is 41.6 cm³/mol. The molecule has 0 aliphatic rings. The molecule has 0 radical (unpaired) electrons. The van der Waals surface area contributed by atoms with E-state index in [1.165, 1.54) is 0 Å². The van der Waals surface area contributed by atoms with Gasteiger partial charge in [-0.25, -0.2) is 0 Å². The molecule has 60 valence electrons. The van der Waals surface area contributed by atoms with Crippen LogP contribution in [0.25, 0.3) is 0 Å². The SMILES string of the molecule is Cc1cccnc1CS(=O)[O-]. The van der Waals surface area contributed by atoms with E-state index in [9.17, 15) is 8.76 Å². The van der Waals surface area contributed by atoms with Gasteiger partial charge in [-0.05, 0) is 29.6 Å². The van der Waals surface area contributed by atoms with Crippen molar-refractivity contribution < 1.29 is 8.76 Å². The molecule has 1 heterocycles. The molecule has 1 unspecified atom stereocenters. The summed E-state index contributed by atoms with van der Waals surface area (Å²) in [6.07, 6.45) is 1.59. The number of aryl methyl sites for hydroxylation is 1. The summed E-state index contributed by atoms with van der Waals surface area (Å²) >= 11 is -2.04. The van der Waals surface area contributed by atoms with E-state index >= 15 is 0 Å². The molecule has 11 heavy (non-hydrogen) atoms. The highest BCUT2D eigenvalue weighted by atomic mass is 32.2. The molecule has 0 bridgehead atoms. The highest BCUT2D eigenvalue weighted by Gasteiger charge is 1.96. The van der Waals surface area contributed by atoms with Crippen molar-refractivity contribution in [3.63, 3.8) is 0 Å². The molecule has 0 spiro atoms. The van der Waals surface area contributed by atoms with Crippen LogP contribution in [0, 0.1) is 6.92 Å². The molecule has 1 rings (SSSR count). The lowest BCUT2D eigenvalue weighted by Crippen LogP contribution is -1.98. The Bertz CT molecular complexity index is 275. The third-order valence-electron chi connectivity index (χ3n) is 1.37. The molecule has 0 aliphatic carbocycles. The fraction of sp³-hybridized carbons (Fsp3) is 0.286. The van der Waals surface area contributed by atoms with Gasteiger partial charge in [0.15, 0.2) is 0 Å². The third kappa shape index (κ3) is 2.40. The maximum Gasteiger partial charge on any atom is 0.0545 e. The van der Waals surface area contributed by atoms with Gasteiger partial charge in [-0.3, -0.25) is 9.19 Å². The van der Waals surface area contributed by atoms with Gasteiger partial charge in [0.1, 0.15) is 0 Å². The smallest absolute Gasteiger partial charge is 0.0545 e. The minimum atomic E-state index is -2.04. The number of hydrogen-bond acceptors (Lipinski definition) is 3.